The minimum absolute atomic E-state index is 0.121. The Morgan fingerprint density at radius 3 is 2.88 bits per heavy atom. The average Bonchev–Trinajstić information content (AvgIpc) is 2.40. The van der Waals surface area contributed by atoms with Gasteiger partial charge in [-0.2, -0.15) is 11.8 Å². The monoisotopic (exact) mass is 250 g/mol. The van der Waals surface area contributed by atoms with Gasteiger partial charge in [-0.1, -0.05) is 6.42 Å². The van der Waals surface area contributed by atoms with Crippen LogP contribution in [0.25, 0.3) is 0 Å². The summed E-state index contributed by atoms with van der Waals surface area (Å²) >= 11 is 1.94. The van der Waals surface area contributed by atoms with Crippen molar-refractivity contribution in [1.82, 2.24) is 9.97 Å². The molecule has 2 aliphatic rings. The highest BCUT2D eigenvalue weighted by atomic mass is 32.2. The maximum absolute atomic E-state index is 12.0. The third-order valence-electron chi connectivity index (χ3n) is 3.69. The van der Waals surface area contributed by atoms with E-state index in [1.165, 1.54) is 25.0 Å². The summed E-state index contributed by atoms with van der Waals surface area (Å²) in [5, 5.41) is 0.420. The van der Waals surface area contributed by atoms with Crippen molar-refractivity contribution < 1.29 is 0 Å². The molecule has 1 aliphatic carbocycles. The molecule has 3 rings (SSSR count). The van der Waals surface area contributed by atoms with Crippen LogP contribution in [-0.4, -0.2) is 15.7 Å². The maximum atomic E-state index is 12.0. The zero-order valence-corrected chi connectivity index (χ0v) is 10.8. The van der Waals surface area contributed by atoms with Crippen LogP contribution in [0.15, 0.2) is 4.79 Å². The molecule has 1 saturated heterocycles. The van der Waals surface area contributed by atoms with Gasteiger partial charge in [0.05, 0.1) is 10.9 Å². The highest BCUT2D eigenvalue weighted by Crippen LogP contribution is 2.36. The number of hydrogen-bond donors (Lipinski definition) is 1. The number of aryl methyl sites for hydroxylation is 1. The summed E-state index contributed by atoms with van der Waals surface area (Å²) in [5.41, 5.74) is 2.14. The summed E-state index contributed by atoms with van der Waals surface area (Å²) in [7, 11) is 0. The van der Waals surface area contributed by atoms with Crippen molar-refractivity contribution in [3.8, 4) is 0 Å². The average molecular weight is 250 g/mol. The van der Waals surface area contributed by atoms with Crippen LogP contribution in [0.1, 0.15) is 54.4 Å². The van der Waals surface area contributed by atoms with Crippen molar-refractivity contribution >= 4 is 11.8 Å². The molecule has 0 spiro atoms. The predicted octanol–water partition coefficient (Wildman–Crippen LogP) is 2.61. The molecule has 3 nitrogen and oxygen atoms in total. The molecule has 1 aromatic heterocycles. The lowest BCUT2D eigenvalue weighted by atomic mass is 9.97. The summed E-state index contributed by atoms with van der Waals surface area (Å²) in [5.74, 6) is 2.13. The number of rotatable bonds is 1. The second kappa shape index (κ2) is 4.84. The number of fused-ring (bicyclic) bond motifs is 1. The van der Waals surface area contributed by atoms with Gasteiger partial charge in [0.1, 0.15) is 5.82 Å². The van der Waals surface area contributed by atoms with Gasteiger partial charge >= 0.3 is 0 Å². The van der Waals surface area contributed by atoms with E-state index in [1.54, 1.807) is 0 Å². The van der Waals surface area contributed by atoms with Crippen molar-refractivity contribution in [2.75, 3.05) is 5.75 Å². The van der Waals surface area contributed by atoms with Gasteiger partial charge < -0.3 is 4.98 Å². The first-order valence-corrected chi connectivity index (χ1v) is 7.63. The topological polar surface area (TPSA) is 45.8 Å². The first kappa shape index (κ1) is 11.3. The Bertz CT molecular complexity index is 463. The fourth-order valence-electron chi connectivity index (χ4n) is 2.73. The van der Waals surface area contributed by atoms with Gasteiger partial charge in [-0.15, -0.1) is 0 Å². The molecular weight excluding hydrogens is 232 g/mol. The van der Waals surface area contributed by atoms with E-state index in [2.05, 4.69) is 4.98 Å². The van der Waals surface area contributed by atoms with E-state index in [0.717, 1.165) is 42.8 Å². The molecule has 17 heavy (non-hydrogen) atoms. The summed E-state index contributed by atoms with van der Waals surface area (Å²) < 4.78 is 0. The number of aromatic amines is 1. The molecule has 0 bridgehead atoms. The lowest BCUT2D eigenvalue weighted by molar-refractivity contribution is 0.622. The van der Waals surface area contributed by atoms with E-state index < -0.39 is 0 Å². The Hall–Kier alpha value is -0.770. The van der Waals surface area contributed by atoms with E-state index in [0.29, 0.717) is 5.25 Å². The van der Waals surface area contributed by atoms with Crippen LogP contribution in [0.5, 0.6) is 0 Å². The van der Waals surface area contributed by atoms with Crippen LogP contribution in [0, 0.1) is 0 Å². The van der Waals surface area contributed by atoms with Gasteiger partial charge in [-0.25, -0.2) is 4.98 Å². The lowest BCUT2D eigenvalue weighted by Crippen LogP contribution is -2.24. The number of aromatic nitrogens is 2. The van der Waals surface area contributed by atoms with Gasteiger partial charge in [-0.05, 0) is 44.3 Å². The highest BCUT2D eigenvalue weighted by Gasteiger charge is 2.22. The molecule has 0 saturated carbocycles. The Balaban J connectivity index is 1.95. The highest BCUT2D eigenvalue weighted by molar-refractivity contribution is 7.99. The van der Waals surface area contributed by atoms with Crippen molar-refractivity contribution in [3.63, 3.8) is 0 Å². The molecule has 1 aromatic rings. The molecule has 0 radical (unpaired) electrons. The molecule has 1 atom stereocenters. The van der Waals surface area contributed by atoms with E-state index in [1.807, 2.05) is 11.8 Å². The molecular formula is C13H18N2OS. The predicted molar refractivity (Wildman–Crippen MR) is 70.5 cm³/mol. The fraction of sp³-hybridized carbons (Fsp3) is 0.692. The van der Waals surface area contributed by atoms with Crippen LogP contribution < -0.4 is 5.56 Å². The Labute approximate surface area is 105 Å². The SMILES string of the molecule is O=c1[nH]c(C2CCCCS2)nc2c1CCCC2. The van der Waals surface area contributed by atoms with Crippen LogP contribution in [0.3, 0.4) is 0 Å². The number of nitrogens with one attached hydrogen (secondary N) is 1. The quantitative estimate of drug-likeness (QED) is 0.833. The van der Waals surface area contributed by atoms with E-state index in [9.17, 15) is 4.79 Å². The minimum Gasteiger partial charge on any atom is -0.309 e. The zero-order valence-electron chi connectivity index (χ0n) is 10.00. The van der Waals surface area contributed by atoms with Gasteiger partial charge in [0, 0.05) is 5.56 Å². The summed E-state index contributed by atoms with van der Waals surface area (Å²) in [6.07, 6.45) is 7.94. The molecule has 0 amide bonds. The second-order valence-electron chi connectivity index (χ2n) is 4.94. The molecule has 0 aromatic carbocycles. The van der Waals surface area contributed by atoms with E-state index in [-0.39, 0.29) is 5.56 Å². The van der Waals surface area contributed by atoms with Crippen molar-refractivity contribution in [2.45, 2.75) is 50.2 Å². The van der Waals surface area contributed by atoms with Crippen LogP contribution in [0.4, 0.5) is 0 Å². The number of hydrogen-bond acceptors (Lipinski definition) is 3. The number of thioether (sulfide) groups is 1. The summed E-state index contributed by atoms with van der Waals surface area (Å²) in [6.45, 7) is 0. The smallest absolute Gasteiger partial charge is 0.254 e. The fourth-order valence-corrected chi connectivity index (χ4v) is 3.99. The molecule has 2 heterocycles. The summed E-state index contributed by atoms with van der Waals surface area (Å²) in [6, 6.07) is 0. The maximum Gasteiger partial charge on any atom is 0.254 e. The molecule has 1 aliphatic heterocycles. The Kier molecular flexibility index (Phi) is 3.23. The zero-order chi connectivity index (χ0) is 11.7. The first-order valence-electron chi connectivity index (χ1n) is 6.58. The van der Waals surface area contributed by atoms with E-state index in [4.69, 9.17) is 4.98 Å². The van der Waals surface area contributed by atoms with Gasteiger partial charge in [-0.3, -0.25) is 4.79 Å². The molecule has 1 unspecified atom stereocenters. The summed E-state index contributed by atoms with van der Waals surface area (Å²) in [4.78, 5) is 19.8. The van der Waals surface area contributed by atoms with Crippen LogP contribution >= 0.6 is 11.8 Å². The largest absolute Gasteiger partial charge is 0.309 e. The standard InChI is InChI=1S/C13H18N2OS/c16-13-9-5-1-2-6-10(9)14-12(15-13)11-7-3-4-8-17-11/h11H,1-8H2,(H,14,15,16). The minimum atomic E-state index is 0.121. The lowest BCUT2D eigenvalue weighted by Gasteiger charge is -2.22. The Morgan fingerprint density at radius 1 is 1.18 bits per heavy atom. The van der Waals surface area contributed by atoms with Crippen LogP contribution in [0.2, 0.25) is 0 Å². The third-order valence-corrected chi connectivity index (χ3v) is 5.08. The molecule has 92 valence electrons. The number of nitrogens with zero attached hydrogens (tertiary/aromatic N) is 1. The van der Waals surface area contributed by atoms with Crippen LogP contribution in [-0.2, 0) is 12.8 Å². The Morgan fingerprint density at radius 2 is 2.06 bits per heavy atom. The third kappa shape index (κ3) is 2.28. The first-order chi connectivity index (χ1) is 8.34. The number of H-pyrrole nitrogens is 1. The van der Waals surface area contributed by atoms with Crippen molar-refractivity contribution in [3.05, 3.63) is 27.4 Å². The molecule has 4 heteroatoms. The van der Waals surface area contributed by atoms with Gasteiger partial charge in [0.15, 0.2) is 0 Å². The van der Waals surface area contributed by atoms with Gasteiger partial charge in [0.2, 0.25) is 0 Å². The molecule has 1 N–H and O–H groups in total. The molecule has 1 fully saturated rings. The van der Waals surface area contributed by atoms with Crippen molar-refractivity contribution in [2.24, 2.45) is 0 Å². The van der Waals surface area contributed by atoms with Crippen molar-refractivity contribution in [1.29, 1.82) is 0 Å². The normalized spacial score (nSPS) is 24.4. The second-order valence-corrected chi connectivity index (χ2v) is 6.25. The van der Waals surface area contributed by atoms with Gasteiger partial charge in [0.25, 0.3) is 5.56 Å². The van der Waals surface area contributed by atoms with E-state index >= 15 is 0 Å².